The number of hydrogen-bond donors (Lipinski definition) is 1. The normalized spacial score (nSPS) is 15.6. The average molecular weight is 465 g/mol. The molecule has 0 aromatic heterocycles. The van der Waals surface area contributed by atoms with Crippen LogP contribution in [0, 0.1) is 11.3 Å². The third kappa shape index (κ3) is 4.86. The fourth-order valence-electron chi connectivity index (χ4n) is 3.36. The Balaban J connectivity index is 1.44. The highest BCUT2D eigenvalue weighted by Gasteiger charge is 2.33. The van der Waals surface area contributed by atoms with Crippen LogP contribution in [0.4, 0.5) is 10.5 Å². The number of aliphatic imine (C=N–C) groups is 1. The van der Waals surface area contributed by atoms with Gasteiger partial charge in [-0.1, -0.05) is 18.2 Å². The molecule has 0 unspecified atom stereocenters. The molecule has 2 aliphatic heterocycles. The van der Waals surface area contributed by atoms with Crippen molar-refractivity contribution in [2.75, 3.05) is 24.7 Å². The Hall–Kier alpha value is -4.17. The van der Waals surface area contributed by atoms with E-state index in [0.717, 1.165) is 11.8 Å². The number of rotatable bonds is 5. The van der Waals surface area contributed by atoms with Gasteiger partial charge in [0.15, 0.2) is 9.84 Å². The van der Waals surface area contributed by atoms with E-state index in [2.05, 4.69) is 10.3 Å². The van der Waals surface area contributed by atoms with E-state index in [1.807, 2.05) is 6.07 Å². The fraction of sp³-hybridized carbons (Fsp3) is 0.182. The predicted octanol–water partition coefficient (Wildman–Crippen LogP) is 2.07. The molecule has 0 aliphatic carbocycles. The van der Waals surface area contributed by atoms with Crippen LogP contribution >= 0.6 is 0 Å². The van der Waals surface area contributed by atoms with Gasteiger partial charge in [-0.2, -0.15) is 5.26 Å². The molecule has 0 bridgehead atoms. The van der Waals surface area contributed by atoms with Gasteiger partial charge in [0.2, 0.25) is 0 Å². The molecule has 0 fully saturated rings. The number of hydrogen-bond acceptors (Lipinski definition) is 7. The Morgan fingerprint density at radius 3 is 2.67 bits per heavy atom. The average Bonchev–Trinajstić information content (AvgIpc) is 3.11. The Morgan fingerprint density at radius 2 is 1.97 bits per heavy atom. The predicted molar refractivity (Wildman–Crippen MR) is 118 cm³/mol. The van der Waals surface area contributed by atoms with Gasteiger partial charge in [-0.25, -0.2) is 13.2 Å². The zero-order valence-corrected chi connectivity index (χ0v) is 18.4. The molecule has 0 saturated heterocycles. The van der Waals surface area contributed by atoms with Crippen molar-refractivity contribution in [1.29, 1.82) is 5.26 Å². The van der Waals surface area contributed by atoms with Gasteiger partial charge in [0.05, 0.1) is 16.5 Å². The summed E-state index contributed by atoms with van der Waals surface area (Å²) < 4.78 is 28.6. The second-order valence-electron chi connectivity index (χ2n) is 7.43. The maximum Gasteiger partial charge on any atom is 0.348 e. The minimum Gasteiger partial charge on any atom is -0.431 e. The maximum absolute atomic E-state index is 12.8. The number of fused-ring (bicyclic) bond motifs is 1. The first kappa shape index (κ1) is 22.0. The molecule has 0 saturated carbocycles. The van der Waals surface area contributed by atoms with Crippen molar-refractivity contribution in [3.8, 4) is 6.07 Å². The van der Waals surface area contributed by atoms with E-state index < -0.39 is 21.8 Å². The summed E-state index contributed by atoms with van der Waals surface area (Å²) in [6.07, 6.45) is 2.36. The van der Waals surface area contributed by atoms with Gasteiger partial charge in [0.25, 0.3) is 5.91 Å². The monoisotopic (exact) mass is 465 g/mol. The molecule has 0 atom stereocenters. The van der Waals surface area contributed by atoms with E-state index >= 15 is 0 Å². The number of amidine groups is 1. The highest BCUT2D eigenvalue weighted by molar-refractivity contribution is 7.90. The topological polar surface area (TPSA) is 132 Å². The molecular weight excluding hydrogens is 446 g/mol. The zero-order valence-electron chi connectivity index (χ0n) is 17.6. The Kier molecular flexibility index (Phi) is 5.85. The van der Waals surface area contributed by atoms with Crippen LogP contribution < -0.4 is 5.32 Å². The quantitative estimate of drug-likeness (QED) is 0.715. The number of anilines is 1. The summed E-state index contributed by atoms with van der Waals surface area (Å²) >= 11 is 0. The standard InChI is InChI=1S/C22H19N5O5S/c1-33(30,31)18-7-5-15(6-8-18)13-26-9-10-27-19(14-32-22(27)25-21(26)29)20(28)24-17-4-2-3-16(11-17)12-23/h2-8,11,14H,9-10,13H2,1H3,(H,24,28). The van der Waals surface area contributed by atoms with E-state index in [0.29, 0.717) is 11.3 Å². The summed E-state index contributed by atoms with van der Waals surface area (Å²) in [7, 11) is -3.31. The van der Waals surface area contributed by atoms with Crippen LogP contribution in [-0.4, -0.2) is 55.5 Å². The van der Waals surface area contributed by atoms with Crippen LogP contribution in [0.15, 0.2) is 70.4 Å². The number of nitrogens with one attached hydrogen (secondary N) is 1. The first-order chi connectivity index (χ1) is 15.7. The van der Waals surface area contributed by atoms with Crippen LogP contribution in [0.2, 0.25) is 0 Å². The van der Waals surface area contributed by atoms with Crippen molar-refractivity contribution < 1.29 is 22.7 Å². The van der Waals surface area contributed by atoms with Crippen molar-refractivity contribution in [1.82, 2.24) is 9.80 Å². The van der Waals surface area contributed by atoms with Crippen LogP contribution in [0.25, 0.3) is 0 Å². The second-order valence-corrected chi connectivity index (χ2v) is 9.45. The van der Waals surface area contributed by atoms with Gasteiger partial charge in [0.1, 0.15) is 12.0 Å². The van der Waals surface area contributed by atoms with Crippen molar-refractivity contribution >= 4 is 33.5 Å². The summed E-state index contributed by atoms with van der Waals surface area (Å²) in [5.74, 6) is -0.465. The van der Waals surface area contributed by atoms with Gasteiger partial charge in [0, 0.05) is 31.6 Å². The molecule has 168 valence electrons. The molecule has 33 heavy (non-hydrogen) atoms. The smallest absolute Gasteiger partial charge is 0.348 e. The molecule has 10 nitrogen and oxygen atoms in total. The van der Waals surface area contributed by atoms with Crippen LogP contribution in [0.3, 0.4) is 0 Å². The lowest BCUT2D eigenvalue weighted by atomic mass is 10.2. The molecule has 4 rings (SSSR count). The molecule has 2 aliphatic rings. The highest BCUT2D eigenvalue weighted by Crippen LogP contribution is 2.22. The van der Waals surface area contributed by atoms with Crippen molar-refractivity contribution in [3.05, 3.63) is 71.6 Å². The number of ether oxygens (including phenoxy) is 1. The molecule has 0 radical (unpaired) electrons. The molecule has 2 aromatic carbocycles. The summed E-state index contributed by atoms with van der Waals surface area (Å²) in [5.41, 5.74) is 1.79. The van der Waals surface area contributed by atoms with Gasteiger partial charge < -0.3 is 15.0 Å². The van der Waals surface area contributed by atoms with E-state index in [9.17, 15) is 18.0 Å². The van der Waals surface area contributed by atoms with Crippen LogP contribution in [0.1, 0.15) is 11.1 Å². The first-order valence-corrected chi connectivity index (χ1v) is 11.8. The lowest BCUT2D eigenvalue weighted by Gasteiger charge is -2.21. The Morgan fingerprint density at radius 1 is 1.21 bits per heavy atom. The highest BCUT2D eigenvalue weighted by atomic mass is 32.2. The summed E-state index contributed by atoms with van der Waals surface area (Å²) in [6, 6.07) is 14.3. The molecular formula is C22H19N5O5S. The molecule has 11 heteroatoms. The van der Waals surface area contributed by atoms with Crippen molar-refractivity contribution in [2.24, 2.45) is 4.99 Å². The van der Waals surface area contributed by atoms with E-state index in [1.165, 1.54) is 28.2 Å². The number of nitriles is 1. The Labute approximate surface area is 190 Å². The van der Waals surface area contributed by atoms with E-state index in [-0.39, 0.29) is 36.2 Å². The van der Waals surface area contributed by atoms with E-state index in [1.54, 1.807) is 36.4 Å². The van der Waals surface area contributed by atoms with Crippen LogP contribution in [-0.2, 0) is 25.9 Å². The lowest BCUT2D eigenvalue weighted by Crippen LogP contribution is -2.36. The van der Waals surface area contributed by atoms with Gasteiger partial charge in [-0.3, -0.25) is 9.69 Å². The third-order valence-electron chi connectivity index (χ3n) is 5.06. The maximum atomic E-state index is 12.8. The number of urea groups is 1. The zero-order chi connectivity index (χ0) is 23.6. The van der Waals surface area contributed by atoms with Gasteiger partial charge in [-0.05, 0) is 35.9 Å². The summed E-state index contributed by atoms with van der Waals surface area (Å²) in [4.78, 5) is 32.5. The van der Waals surface area contributed by atoms with Crippen molar-refractivity contribution in [3.63, 3.8) is 0 Å². The minimum absolute atomic E-state index is 0.00542. The third-order valence-corrected chi connectivity index (χ3v) is 6.19. The Bertz CT molecular complexity index is 1330. The number of benzene rings is 2. The number of sulfone groups is 1. The van der Waals surface area contributed by atoms with Gasteiger partial charge in [-0.15, -0.1) is 4.99 Å². The number of amides is 3. The summed E-state index contributed by atoms with van der Waals surface area (Å²) in [6.45, 7) is 0.751. The molecule has 0 spiro atoms. The number of carbonyl (C=O) groups excluding carboxylic acids is 2. The second kappa shape index (κ2) is 8.76. The lowest BCUT2D eigenvalue weighted by molar-refractivity contribution is -0.113. The molecule has 2 aromatic rings. The first-order valence-electron chi connectivity index (χ1n) is 9.87. The fourth-order valence-corrected chi connectivity index (χ4v) is 3.99. The van der Waals surface area contributed by atoms with Crippen LogP contribution in [0.5, 0.6) is 0 Å². The molecule has 1 N–H and O–H groups in total. The van der Waals surface area contributed by atoms with E-state index in [4.69, 9.17) is 10.00 Å². The van der Waals surface area contributed by atoms with Gasteiger partial charge >= 0.3 is 12.1 Å². The van der Waals surface area contributed by atoms with Crippen molar-refractivity contribution in [2.45, 2.75) is 11.4 Å². The SMILES string of the molecule is CS(=O)(=O)c1ccc(CN2CCN3C(C(=O)Nc4cccc(C#N)c4)=COC3=NC2=O)cc1. The molecule has 3 amide bonds. The summed E-state index contributed by atoms with van der Waals surface area (Å²) in [5, 5.41) is 11.7. The number of nitrogens with zero attached hydrogens (tertiary/aromatic N) is 4. The minimum atomic E-state index is -3.31. The molecule has 2 heterocycles. The number of carbonyl (C=O) groups is 2. The largest absolute Gasteiger partial charge is 0.431 e.